The van der Waals surface area contributed by atoms with Crippen LogP contribution in [0.4, 0.5) is 5.69 Å². The molecular formula is C19H19N3OS. The highest BCUT2D eigenvalue weighted by atomic mass is 32.2. The number of aryl methyl sites for hydroxylation is 1. The maximum Gasteiger partial charge on any atom is 0.234 e. The molecule has 0 atom stereocenters. The lowest BCUT2D eigenvalue weighted by atomic mass is 10.2. The molecule has 1 amide bonds. The molecule has 0 bridgehead atoms. The van der Waals surface area contributed by atoms with Crippen LogP contribution in [-0.2, 0) is 11.3 Å². The van der Waals surface area contributed by atoms with Gasteiger partial charge < -0.3 is 9.88 Å². The Labute approximate surface area is 145 Å². The van der Waals surface area contributed by atoms with Crippen molar-refractivity contribution in [1.82, 2.24) is 9.55 Å². The minimum atomic E-state index is 0.00190. The topological polar surface area (TPSA) is 46.9 Å². The molecule has 1 aromatic heterocycles. The smallest absolute Gasteiger partial charge is 0.234 e. The normalized spacial score (nSPS) is 10.5. The fourth-order valence-corrected chi connectivity index (χ4v) is 3.04. The highest BCUT2D eigenvalue weighted by molar-refractivity contribution is 8.00. The monoisotopic (exact) mass is 337 g/mol. The van der Waals surface area contributed by atoms with Crippen LogP contribution in [0.2, 0.25) is 0 Å². The summed E-state index contributed by atoms with van der Waals surface area (Å²) in [6, 6.07) is 17.9. The molecule has 0 aliphatic heterocycles. The first-order valence-corrected chi connectivity index (χ1v) is 8.73. The van der Waals surface area contributed by atoms with Gasteiger partial charge in [-0.3, -0.25) is 4.79 Å². The molecular weight excluding hydrogens is 318 g/mol. The van der Waals surface area contributed by atoms with Gasteiger partial charge in [-0.15, -0.1) is 11.8 Å². The highest BCUT2D eigenvalue weighted by Gasteiger charge is 2.04. The van der Waals surface area contributed by atoms with Crippen LogP contribution in [0, 0.1) is 6.92 Å². The third kappa shape index (κ3) is 4.49. The number of nitrogens with one attached hydrogen (secondary N) is 1. The second-order valence-corrected chi connectivity index (χ2v) is 6.50. The van der Waals surface area contributed by atoms with Crippen molar-refractivity contribution in [2.24, 2.45) is 0 Å². The van der Waals surface area contributed by atoms with E-state index in [1.54, 1.807) is 6.20 Å². The Hall–Kier alpha value is -2.53. The standard InChI is InChI=1S/C19H19N3OS/c1-15-20-11-12-22(15)13-16-7-9-17(10-8-16)21-19(23)14-24-18-5-3-2-4-6-18/h2-12H,13-14H2,1H3,(H,21,23). The van der Waals surface area contributed by atoms with Gasteiger partial charge in [0.15, 0.2) is 0 Å². The quantitative estimate of drug-likeness (QED) is 0.692. The third-order valence-electron chi connectivity index (χ3n) is 3.63. The number of benzene rings is 2. The van der Waals surface area contributed by atoms with Crippen LogP contribution in [0.3, 0.4) is 0 Å². The predicted octanol–water partition coefficient (Wildman–Crippen LogP) is 3.97. The highest BCUT2D eigenvalue weighted by Crippen LogP contribution is 2.18. The summed E-state index contributed by atoms with van der Waals surface area (Å²) in [4.78, 5) is 17.3. The Kier molecular flexibility index (Phi) is 5.33. The number of hydrogen-bond acceptors (Lipinski definition) is 3. The van der Waals surface area contributed by atoms with Crippen LogP contribution in [0.25, 0.3) is 0 Å². The van der Waals surface area contributed by atoms with E-state index in [9.17, 15) is 4.79 Å². The summed E-state index contributed by atoms with van der Waals surface area (Å²) < 4.78 is 2.09. The van der Waals surface area contributed by atoms with Gasteiger partial charge in [0.05, 0.1) is 5.75 Å². The second kappa shape index (κ2) is 7.84. The van der Waals surface area contributed by atoms with Gasteiger partial charge in [-0.25, -0.2) is 4.98 Å². The SMILES string of the molecule is Cc1nccn1Cc1ccc(NC(=O)CSc2ccccc2)cc1. The average Bonchev–Trinajstić information content (AvgIpc) is 3.01. The molecule has 0 saturated carbocycles. The number of nitrogens with zero attached hydrogens (tertiary/aromatic N) is 2. The van der Waals surface area contributed by atoms with E-state index in [0.29, 0.717) is 5.75 Å². The van der Waals surface area contributed by atoms with Gasteiger partial charge in [-0.1, -0.05) is 30.3 Å². The van der Waals surface area contributed by atoms with Crippen LogP contribution in [0.1, 0.15) is 11.4 Å². The van der Waals surface area contributed by atoms with Gasteiger partial charge in [-0.05, 0) is 36.8 Å². The lowest BCUT2D eigenvalue weighted by Gasteiger charge is -2.08. The number of carbonyl (C=O) groups excluding carboxylic acids is 1. The van der Waals surface area contributed by atoms with E-state index in [1.165, 1.54) is 17.3 Å². The maximum absolute atomic E-state index is 12.0. The molecule has 0 aliphatic carbocycles. The molecule has 0 spiro atoms. The molecule has 24 heavy (non-hydrogen) atoms. The summed E-state index contributed by atoms with van der Waals surface area (Å²) in [6.07, 6.45) is 3.76. The third-order valence-corrected chi connectivity index (χ3v) is 4.64. The van der Waals surface area contributed by atoms with Gasteiger partial charge in [0.2, 0.25) is 5.91 Å². The van der Waals surface area contributed by atoms with Crippen LogP contribution in [-0.4, -0.2) is 21.2 Å². The molecule has 0 aliphatic rings. The van der Waals surface area contributed by atoms with E-state index >= 15 is 0 Å². The van der Waals surface area contributed by atoms with E-state index in [2.05, 4.69) is 14.9 Å². The number of imidazole rings is 1. The van der Waals surface area contributed by atoms with Crippen molar-refractivity contribution in [3.05, 3.63) is 78.4 Å². The molecule has 3 rings (SSSR count). The van der Waals surface area contributed by atoms with Crippen molar-refractivity contribution < 1.29 is 4.79 Å². The van der Waals surface area contributed by atoms with Gasteiger partial charge in [-0.2, -0.15) is 0 Å². The van der Waals surface area contributed by atoms with Crippen molar-refractivity contribution in [3.63, 3.8) is 0 Å². The van der Waals surface area contributed by atoms with Gasteiger partial charge in [0.1, 0.15) is 5.82 Å². The molecule has 1 heterocycles. The number of amides is 1. The molecule has 0 radical (unpaired) electrons. The lowest BCUT2D eigenvalue weighted by molar-refractivity contribution is -0.113. The van der Waals surface area contributed by atoms with Crippen molar-refractivity contribution >= 4 is 23.4 Å². The van der Waals surface area contributed by atoms with Crippen molar-refractivity contribution in [2.45, 2.75) is 18.4 Å². The van der Waals surface area contributed by atoms with Crippen LogP contribution >= 0.6 is 11.8 Å². The van der Waals surface area contributed by atoms with E-state index < -0.39 is 0 Å². The molecule has 0 saturated heterocycles. The molecule has 3 aromatic rings. The number of aromatic nitrogens is 2. The Morgan fingerprint density at radius 2 is 1.88 bits per heavy atom. The molecule has 122 valence electrons. The predicted molar refractivity (Wildman–Crippen MR) is 98.3 cm³/mol. The number of hydrogen-bond donors (Lipinski definition) is 1. The Balaban J connectivity index is 1.52. The van der Waals surface area contributed by atoms with E-state index in [4.69, 9.17) is 0 Å². The fraction of sp³-hybridized carbons (Fsp3) is 0.158. The molecule has 0 fully saturated rings. The first-order valence-electron chi connectivity index (χ1n) is 7.75. The molecule has 4 nitrogen and oxygen atoms in total. The molecule has 1 N–H and O–H groups in total. The fourth-order valence-electron chi connectivity index (χ4n) is 2.32. The average molecular weight is 337 g/mol. The first kappa shape index (κ1) is 16.3. The molecule has 2 aromatic carbocycles. The summed E-state index contributed by atoms with van der Waals surface area (Å²) in [5.74, 6) is 1.40. The van der Waals surface area contributed by atoms with Crippen molar-refractivity contribution in [2.75, 3.05) is 11.1 Å². The van der Waals surface area contributed by atoms with Crippen molar-refractivity contribution in [1.29, 1.82) is 0 Å². The maximum atomic E-state index is 12.0. The van der Waals surface area contributed by atoms with Gasteiger partial charge >= 0.3 is 0 Å². The number of thioether (sulfide) groups is 1. The summed E-state index contributed by atoms with van der Waals surface area (Å²) in [5.41, 5.74) is 1.99. The summed E-state index contributed by atoms with van der Waals surface area (Å²) >= 11 is 1.53. The number of rotatable bonds is 6. The van der Waals surface area contributed by atoms with Crippen molar-refractivity contribution in [3.8, 4) is 0 Å². The second-order valence-electron chi connectivity index (χ2n) is 5.45. The number of anilines is 1. The minimum absolute atomic E-state index is 0.00190. The zero-order chi connectivity index (χ0) is 16.8. The Bertz CT molecular complexity index is 797. The zero-order valence-electron chi connectivity index (χ0n) is 13.5. The first-order chi connectivity index (χ1) is 11.7. The Morgan fingerprint density at radius 3 is 2.54 bits per heavy atom. The lowest BCUT2D eigenvalue weighted by Crippen LogP contribution is -2.14. The Morgan fingerprint density at radius 1 is 1.12 bits per heavy atom. The van der Waals surface area contributed by atoms with E-state index in [0.717, 1.165) is 23.0 Å². The molecule has 5 heteroatoms. The van der Waals surface area contributed by atoms with Crippen LogP contribution in [0.15, 0.2) is 71.9 Å². The minimum Gasteiger partial charge on any atom is -0.331 e. The van der Waals surface area contributed by atoms with Crippen LogP contribution in [0.5, 0.6) is 0 Å². The largest absolute Gasteiger partial charge is 0.331 e. The van der Waals surface area contributed by atoms with Gasteiger partial charge in [0.25, 0.3) is 0 Å². The zero-order valence-corrected chi connectivity index (χ0v) is 14.3. The molecule has 0 unspecified atom stereocenters. The summed E-state index contributed by atoms with van der Waals surface area (Å²) in [6.45, 7) is 2.77. The number of carbonyl (C=O) groups is 1. The van der Waals surface area contributed by atoms with E-state index in [1.807, 2.05) is 67.7 Å². The summed E-state index contributed by atoms with van der Waals surface area (Å²) in [5, 5.41) is 2.93. The summed E-state index contributed by atoms with van der Waals surface area (Å²) in [7, 11) is 0. The van der Waals surface area contributed by atoms with E-state index in [-0.39, 0.29) is 5.91 Å². The van der Waals surface area contributed by atoms with Gasteiger partial charge in [0, 0.05) is 29.5 Å². The van der Waals surface area contributed by atoms with Crippen LogP contribution < -0.4 is 5.32 Å².